The van der Waals surface area contributed by atoms with Crippen molar-refractivity contribution >= 4 is 5.91 Å². The van der Waals surface area contributed by atoms with E-state index < -0.39 is 0 Å². The number of aromatic nitrogens is 3. The number of carbonyl (C=O) groups excluding carboxylic acids is 1. The van der Waals surface area contributed by atoms with Crippen molar-refractivity contribution < 1.29 is 4.79 Å². The summed E-state index contributed by atoms with van der Waals surface area (Å²) in [5.41, 5.74) is 0. The summed E-state index contributed by atoms with van der Waals surface area (Å²) in [5.74, 6) is 2.09. The van der Waals surface area contributed by atoms with Crippen molar-refractivity contribution in [3.05, 3.63) is 24.3 Å². The monoisotopic (exact) mass is 288 g/mol. The van der Waals surface area contributed by atoms with Gasteiger partial charge in [-0.3, -0.25) is 4.79 Å². The molecule has 2 heterocycles. The first-order chi connectivity index (χ1) is 10.2. The van der Waals surface area contributed by atoms with Gasteiger partial charge in [0.2, 0.25) is 5.91 Å². The Morgan fingerprint density at radius 2 is 2.29 bits per heavy atom. The number of hydrogen-bond donors (Lipinski definition) is 0. The van der Waals surface area contributed by atoms with Crippen LogP contribution in [0.15, 0.2) is 18.5 Å². The molecule has 21 heavy (non-hydrogen) atoms. The van der Waals surface area contributed by atoms with Gasteiger partial charge in [-0.2, -0.15) is 0 Å². The molecule has 1 amide bonds. The predicted molar refractivity (Wildman–Crippen MR) is 80.7 cm³/mol. The van der Waals surface area contributed by atoms with Crippen LogP contribution in [0.25, 0.3) is 0 Å². The Hall–Kier alpha value is -1.65. The normalized spacial score (nSPS) is 26.0. The van der Waals surface area contributed by atoms with Gasteiger partial charge in [0.15, 0.2) is 0 Å². The van der Waals surface area contributed by atoms with Crippen molar-refractivity contribution in [3.63, 3.8) is 0 Å². The minimum Gasteiger partial charge on any atom is -0.342 e. The number of rotatable bonds is 3. The quantitative estimate of drug-likeness (QED) is 0.802. The van der Waals surface area contributed by atoms with Gasteiger partial charge >= 0.3 is 0 Å². The smallest absolute Gasteiger partial charge is 0.223 e. The van der Waals surface area contributed by atoms with Crippen molar-refractivity contribution in [2.45, 2.75) is 44.4 Å². The summed E-state index contributed by atoms with van der Waals surface area (Å²) in [5, 5.41) is 8.17. The maximum atomic E-state index is 12.5. The average molecular weight is 288 g/mol. The molecular formula is C16H24N4O. The molecule has 1 aromatic heterocycles. The average Bonchev–Trinajstić information content (AvgIpc) is 2.94. The second-order valence-corrected chi connectivity index (χ2v) is 6.30. The number of nitrogens with zero attached hydrogens (tertiary/aromatic N) is 4. The third-order valence-electron chi connectivity index (χ3n) is 4.68. The zero-order valence-electron chi connectivity index (χ0n) is 12.7. The second-order valence-electron chi connectivity index (χ2n) is 6.30. The molecule has 3 rings (SSSR count). The van der Waals surface area contributed by atoms with E-state index in [0.29, 0.717) is 24.2 Å². The number of carbonyl (C=O) groups is 1. The molecule has 0 saturated carbocycles. The highest BCUT2D eigenvalue weighted by Crippen LogP contribution is 2.27. The van der Waals surface area contributed by atoms with Crippen LogP contribution in [-0.2, 0) is 11.8 Å². The molecule has 0 N–H and O–H groups in total. The van der Waals surface area contributed by atoms with E-state index in [9.17, 15) is 4.79 Å². The Balaban J connectivity index is 1.60. The fourth-order valence-corrected chi connectivity index (χ4v) is 3.48. The molecule has 1 aromatic rings. The van der Waals surface area contributed by atoms with Gasteiger partial charge in [-0.1, -0.05) is 12.2 Å². The van der Waals surface area contributed by atoms with E-state index >= 15 is 0 Å². The van der Waals surface area contributed by atoms with Gasteiger partial charge in [0.1, 0.15) is 12.2 Å². The first-order valence-corrected chi connectivity index (χ1v) is 8.02. The number of hydrogen-bond acceptors (Lipinski definition) is 3. The molecule has 2 aliphatic rings. The summed E-state index contributed by atoms with van der Waals surface area (Å²) in [7, 11) is 1.98. The van der Waals surface area contributed by atoms with Crippen LogP contribution >= 0.6 is 0 Å². The van der Waals surface area contributed by atoms with Crippen LogP contribution in [0.2, 0.25) is 0 Å². The maximum absolute atomic E-state index is 12.5. The highest BCUT2D eigenvalue weighted by Gasteiger charge is 2.28. The SMILES string of the molecule is Cn1cnnc1C1CCCN(C(=O)CC2C=CCCC2)C1. The van der Waals surface area contributed by atoms with Crippen molar-refractivity contribution in [1.82, 2.24) is 19.7 Å². The number of piperidine rings is 1. The van der Waals surface area contributed by atoms with Gasteiger partial charge in [0.25, 0.3) is 0 Å². The first-order valence-electron chi connectivity index (χ1n) is 8.02. The Morgan fingerprint density at radius 1 is 1.38 bits per heavy atom. The van der Waals surface area contributed by atoms with Crippen LogP contribution in [0.1, 0.15) is 50.3 Å². The summed E-state index contributed by atoms with van der Waals surface area (Å²) in [6.07, 6.45) is 12.6. The summed E-state index contributed by atoms with van der Waals surface area (Å²) in [6, 6.07) is 0. The molecule has 2 atom stereocenters. The van der Waals surface area contributed by atoms with E-state index in [1.165, 1.54) is 12.8 Å². The second kappa shape index (κ2) is 6.41. The molecule has 0 aromatic carbocycles. The number of likely N-dealkylation sites (tertiary alicyclic amines) is 1. The Kier molecular flexibility index (Phi) is 4.36. The highest BCUT2D eigenvalue weighted by atomic mass is 16.2. The van der Waals surface area contributed by atoms with E-state index in [1.54, 1.807) is 6.33 Å². The number of allylic oxidation sites excluding steroid dienone is 2. The van der Waals surface area contributed by atoms with E-state index in [1.807, 2.05) is 16.5 Å². The van der Waals surface area contributed by atoms with Crippen molar-refractivity contribution in [2.24, 2.45) is 13.0 Å². The van der Waals surface area contributed by atoms with Gasteiger partial charge < -0.3 is 9.47 Å². The topological polar surface area (TPSA) is 51.0 Å². The first kappa shape index (κ1) is 14.3. The van der Waals surface area contributed by atoms with Crippen LogP contribution in [-0.4, -0.2) is 38.7 Å². The van der Waals surface area contributed by atoms with Gasteiger partial charge in [0.05, 0.1) is 0 Å². The highest BCUT2D eigenvalue weighted by molar-refractivity contribution is 5.76. The van der Waals surface area contributed by atoms with Crippen molar-refractivity contribution in [2.75, 3.05) is 13.1 Å². The Bertz CT molecular complexity index is 522. The summed E-state index contributed by atoms with van der Waals surface area (Å²) < 4.78 is 1.97. The lowest BCUT2D eigenvalue weighted by Crippen LogP contribution is -2.40. The molecule has 2 unspecified atom stereocenters. The van der Waals surface area contributed by atoms with Gasteiger partial charge in [-0.05, 0) is 38.0 Å². The number of amides is 1. The molecule has 1 aliphatic heterocycles. The molecule has 5 nitrogen and oxygen atoms in total. The van der Waals surface area contributed by atoms with Crippen LogP contribution < -0.4 is 0 Å². The molecule has 114 valence electrons. The fourth-order valence-electron chi connectivity index (χ4n) is 3.48. The summed E-state index contributed by atoms with van der Waals surface area (Å²) in [4.78, 5) is 14.5. The Labute approximate surface area is 126 Å². The van der Waals surface area contributed by atoms with Crippen LogP contribution in [0, 0.1) is 5.92 Å². The molecule has 1 aliphatic carbocycles. The third-order valence-corrected chi connectivity index (χ3v) is 4.68. The molecule has 0 spiro atoms. The minimum absolute atomic E-state index is 0.304. The number of aryl methyl sites for hydroxylation is 1. The Morgan fingerprint density at radius 3 is 3.00 bits per heavy atom. The largest absolute Gasteiger partial charge is 0.342 e. The molecule has 0 bridgehead atoms. The van der Waals surface area contributed by atoms with E-state index in [0.717, 1.165) is 38.2 Å². The zero-order valence-corrected chi connectivity index (χ0v) is 12.7. The lowest BCUT2D eigenvalue weighted by molar-refractivity contribution is -0.133. The summed E-state index contributed by atoms with van der Waals surface area (Å²) >= 11 is 0. The molecular weight excluding hydrogens is 264 g/mol. The maximum Gasteiger partial charge on any atom is 0.223 e. The van der Waals surface area contributed by atoms with Gasteiger partial charge in [-0.15, -0.1) is 10.2 Å². The van der Waals surface area contributed by atoms with E-state index in [2.05, 4.69) is 22.3 Å². The van der Waals surface area contributed by atoms with Crippen molar-refractivity contribution in [3.8, 4) is 0 Å². The van der Waals surface area contributed by atoms with Crippen molar-refractivity contribution in [1.29, 1.82) is 0 Å². The van der Waals surface area contributed by atoms with Crippen LogP contribution in [0.4, 0.5) is 0 Å². The lowest BCUT2D eigenvalue weighted by atomic mass is 9.91. The molecule has 1 saturated heterocycles. The van der Waals surface area contributed by atoms with Gasteiger partial charge in [-0.25, -0.2) is 0 Å². The molecule has 1 fully saturated rings. The lowest BCUT2D eigenvalue weighted by Gasteiger charge is -2.33. The molecule has 5 heteroatoms. The van der Waals surface area contributed by atoms with Gasteiger partial charge in [0, 0.05) is 32.5 Å². The van der Waals surface area contributed by atoms with Crippen LogP contribution in [0.5, 0.6) is 0 Å². The minimum atomic E-state index is 0.304. The fraction of sp³-hybridized carbons (Fsp3) is 0.688. The van der Waals surface area contributed by atoms with E-state index in [4.69, 9.17) is 0 Å². The third kappa shape index (κ3) is 3.34. The summed E-state index contributed by atoms with van der Waals surface area (Å²) in [6.45, 7) is 1.69. The molecule has 0 radical (unpaired) electrons. The predicted octanol–water partition coefficient (Wildman–Crippen LogP) is 2.27. The van der Waals surface area contributed by atoms with Crippen LogP contribution in [0.3, 0.4) is 0 Å². The standard InChI is InChI=1S/C16H24N4O/c1-19-12-17-18-16(19)14-8-5-9-20(11-14)15(21)10-13-6-3-2-4-7-13/h3,6,12-14H,2,4-5,7-11H2,1H3. The zero-order chi connectivity index (χ0) is 14.7. The van der Waals surface area contributed by atoms with E-state index in [-0.39, 0.29) is 0 Å².